The summed E-state index contributed by atoms with van der Waals surface area (Å²) in [4.78, 5) is 29.7. The van der Waals surface area contributed by atoms with Crippen molar-refractivity contribution in [3.8, 4) is 11.1 Å². The summed E-state index contributed by atoms with van der Waals surface area (Å²) in [6, 6.07) is 7.99. The summed E-state index contributed by atoms with van der Waals surface area (Å²) in [6.45, 7) is 1.26. The van der Waals surface area contributed by atoms with Gasteiger partial charge in [0.1, 0.15) is 5.82 Å². The number of hydrogen-bond acceptors (Lipinski definition) is 5. The van der Waals surface area contributed by atoms with E-state index in [1.54, 1.807) is 10.9 Å². The minimum absolute atomic E-state index is 0.0276. The predicted octanol–water partition coefficient (Wildman–Crippen LogP) is 2.37. The number of aryl methyl sites for hydroxylation is 1. The van der Waals surface area contributed by atoms with E-state index < -0.39 is 5.97 Å². The number of carboxylic acid groups (broad SMARTS) is 1. The number of aliphatic carboxylic acids is 1. The molecule has 0 atom stereocenters. The van der Waals surface area contributed by atoms with Crippen molar-refractivity contribution in [3.63, 3.8) is 0 Å². The fourth-order valence-electron chi connectivity index (χ4n) is 3.73. The topological polar surface area (TPSA) is 100 Å². The van der Waals surface area contributed by atoms with E-state index in [2.05, 4.69) is 21.5 Å². The number of anilines is 1. The third-order valence-corrected chi connectivity index (χ3v) is 5.33. The van der Waals surface area contributed by atoms with Crippen molar-refractivity contribution >= 4 is 28.5 Å². The van der Waals surface area contributed by atoms with Gasteiger partial charge in [0.15, 0.2) is 0 Å². The maximum absolute atomic E-state index is 12.6. The molecule has 1 saturated heterocycles. The highest BCUT2D eigenvalue weighted by molar-refractivity contribution is 5.95. The Balaban J connectivity index is 1.45. The number of pyridine rings is 1. The zero-order valence-corrected chi connectivity index (χ0v) is 16.2. The highest BCUT2D eigenvalue weighted by atomic mass is 16.4. The third-order valence-electron chi connectivity index (χ3n) is 5.33. The fourth-order valence-corrected chi connectivity index (χ4v) is 3.73. The Morgan fingerprint density at radius 3 is 2.62 bits per heavy atom. The molecule has 0 bridgehead atoms. The van der Waals surface area contributed by atoms with E-state index in [0.29, 0.717) is 31.7 Å². The number of nitrogens with one attached hydrogen (secondary N) is 1. The molecule has 8 heteroatoms. The Bertz CT molecular complexity index is 1050. The number of carbonyl (C=O) groups excluding carboxylic acids is 1. The normalized spacial score (nSPS) is 15.5. The van der Waals surface area contributed by atoms with E-state index in [-0.39, 0.29) is 18.4 Å². The van der Waals surface area contributed by atoms with Crippen molar-refractivity contribution in [1.29, 1.82) is 0 Å². The molecule has 1 aliphatic rings. The van der Waals surface area contributed by atoms with Gasteiger partial charge in [0.25, 0.3) is 0 Å². The second-order valence-electron chi connectivity index (χ2n) is 7.47. The van der Waals surface area contributed by atoms with Gasteiger partial charge >= 0.3 is 5.97 Å². The van der Waals surface area contributed by atoms with E-state index in [1.165, 1.54) is 0 Å². The van der Waals surface area contributed by atoms with Crippen LogP contribution in [0.15, 0.2) is 42.9 Å². The van der Waals surface area contributed by atoms with Crippen LogP contribution in [0.3, 0.4) is 0 Å². The van der Waals surface area contributed by atoms with Crippen molar-refractivity contribution in [1.82, 2.24) is 19.7 Å². The molecule has 1 aliphatic heterocycles. The lowest BCUT2D eigenvalue weighted by atomic mass is 9.96. The number of piperidine rings is 1. The first-order valence-electron chi connectivity index (χ1n) is 9.62. The Morgan fingerprint density at radius 2 is 1.93 bits per heavy atom. The summed E-state index contributed by atoms with van der Waals surface area (Å²) < 4.78 is 1.76. The number of nitrogens with zero attached hydrogens (tertiary/aromatic N) is 4. The molecule has 29 heavy (non-hydrogen) atoms. The monoisotopic (exact) mass is 393 g/mol. The van der Waals surface area contributed by atoms with Gasteiger partial charge in [-0.3, -0.25) is 19.2 Å². The van der Waals surface area contributed by atoms with Gasteiger partial charge in [0.2, 0.25) is 5.91 Å². The summed E-state index contributed by atoms with van der Waals surface area (Å²) in [5.41, 5.74) is 2.09. The van der Waals surface area contributed by atoms with E-state index in [4.69, 9.17) is 5.11 Å². The fraction of sp³-hybridized carbons (Fsp3) is 0.333. The molecule has 0 saturated carbocycles. The smallest absolute Gasteiger partial charge is 0.317 e. The number of likely N-dealkylation sites (tertiary alicyclic amines) is 1. The first-order chi connectivity index (χ1) is 14.0. The number of carboxylic acids is 1. The maximum atomic E-state index is 12.6. The van der Waals surface area contributed by atoms with Crippen LogP contribution in [-0.2, 0) is 16.6 Å². The molecule has 1 amide bonds. The largest absolute Gasteiger partial charge is 0.480 e. The van der Waals surface area contributed by atoms with Crippen LogP contribution in [0.2, 0.25) is 0 Å². The second-order valence-corrected chi connectivity index (χ2v) is 7.47. The molecule has 8 nitrogen and oxygen atoms in total. The van der Waals surface area contributed by atoms with E-state index in [1.807, 2.05) is 42.5 Å². The average Bonchev–Trinajstić information content (AvgIpc) is 3.14. The Morgan fingerprint density at radius 1 is 1.14 bits per heavy atom. The number of rotatable bonds is 5. The van der Waals surface area contributed by atoms with E-state index in [0.717, 1.165) is 21.9 Å². The maximum Gasteiger partial charge on any atom is 0.317 e. The van der Waals surface area contributed by atoms with Gasteiger partial charge < -0.3 is 10.4 Å². The standard InChI is InChI=1S/C21H23N5O3/c1-25-12-18(11-23-25)15-2-3-16-10-22-19(9-17(16)8-15)24-21(29)14-4-6-26(7-5-14)13-20(27)28/h2-3,8-12,14H,4-7,13H2,1H3,(H,27,28)(H,22,24,29). The van der Waals surface area contributed by atoms with Crippen LogP contribution in [0.1, 0.15) is 12.8 Å². The van der Waals surface area contributed by atoms with Gasteiger partial charge in [-0.15, -0.1) is 0 Å². The molecular weight excluding hydrogens is 370 g/mol. The molecule has 150 valence electrons. The summed E-state index contributed by atoms with van der Waals surface area (Å²) in [7, 11) is 1.88. The minimum Gasteiger partial charge on any atom is -0.480 e. The number of fused-ring (bicyclic) bond motifs is 1. The van der Waals surface area contributed by atoms with Crippen molar-refractivity contribution < 1.29 is 14.7 Å². The van der Waals surface area contributed by atoms with Gasteiger partial charge in [-0.1, -0.05) is 12.1 Å². The third kappa shape index (κ3) is 4.43. The highest BCUT2D eigenvalue weighted by Crippen LogP contribution is 2.26. The molecule has 3 aromatic rings. The van der Waals surface area contributed by atoms with Gasteiger partial charge in [-0.2, -0.15) is 5.10 Å². The predicted molar refractivity (Wildman–Crippen MR) is 109 cm³/mol. The van der Waals surface area contributed by atoms with Crippen LogP contribution in [0.4, 0.5) is 5.82 Å². The SMILES string of the molecule is Cn1cc(-c2ccc3cnc(NC(=O)C4CCN(CC(=O)O)CC4)cc3c2)cn1. The molecule has 0 aliphatic carbocycles. The Kier molecular flexibility index (Phi) is 5.26. The quantitative estimate of drug-likeness (QED) is 0.690. The van der Waals surface area contributed by atoms with Crippen LogP contribution < -0.4 is 5.32 Å². The summed E-state index contributed by atoms with van der Waals surface area (Å²) in [5.74, 6) is -0.493. The summed E-state index contributed by atoms with van der Waals surface area (Å²) in [5, 5.41) is 18.0. The van der Waals surface area contributed by atoms with Crippen LogP contribution in [0.25, 0.3) is 21.9 Å². The van der Waals surface area contributed by atoms with Crippen molar-refractivity contribution in [2.24, 2.45) is 13.0 Å². The first kappa shape index (κ1) is 19.1. The molecule has 1 aromatic carbocycles. The Labute approximate surface area is 168 Å². The van der Waals surface area contributed by atoms with Gasteiger partial charge in [-0.05, 0) is 49.0 Å². The molecule has 0 radical (unpaired) electrons. The lowest BCUT2D eigenvalue weighted by Crippen LogP contribution is -2.40. The van der Waals surface area contributed by atoms with Crippen molar-refractivity contribution in [2.45, 2.75) is 12.8 Å². The number of benzene rings is 1. The summed E-state index contributed by atoms with van der Waals surface area (Å²) >= 11 is 0. The van der Waals surface area contributed by atoms with Gasteiger partial charge in [0.05, 0.1) is 12.7 Å². The van der Waals surface area contributed by atoms with E-state index >= 15 is 0 Å². The molecule has 0 spiro atoms. The molecule has 4 rings (SSSR count). The van der Waals surface area contributed by atoms with Crippen LogP contribution >= 0.6 is 0 Å². The number of amides is 1. The molecule has 1 fully saturated rings. The van der Waals surface area contributed by atoms with Crippen molar-refractivity contribution in [3.05, 3.63) is 42.9 Å². The number of carbonyl (C=O) groups is 2. The van der Waals surface area contributed by atoms with E-state index in [9.17, 15) is 9.59 Å². The highest BCUT2D eigenvalue weighted by Gasteiger charge is 2.26. The molecular formula is C21H23N5O3. The van der Waals surface area contributed by atoms with Gasteiger partial charge in [0, 0.05) is 36.3 Å². The average molecular weight is 393 g/mol. The van der Waals surface area contributed by atoms with Crippen LogP contribution in [0.5, 0.6) is 0 Å². The zero-order valence-electron chi connectivity index (χ0n) is 16.2. The first-order valence-corrected chi connectivity index (χ1v) is 9.62. The molecule has 2 aromatic heterocycles. The van der Waals surface area contributed by atoms with Crippen LogP contribution in [-0.4, -0.2) is 56.3 Å². The number of hydrogen-bond donors (Lipinski definition) is 2. The molecule has 2 N–H and O–H groups in total. The lowest BCUT2D eigenvalue weighted by Gasteiger charge is -2.29. The minimum atomic E-state index is -0.834. The zero-order chi connectivity index (χ0) is 20.4. The van der Waals surface area contributed by atoms with Crippen LogP contribution in [0, 0.1) is 5.92 Å². The summed E-state index contributed by atoms with van der Waals surface area (Å²) in [6.07, 6.45) is 6.84. The van der Waals surface area contributed by atoms with Crippen molar-refractivity contribution in [2.75, 3.05) is 25.0 Å². The lowest BCUT2D eigenvalue weighted by molar-refractivity contribution is -0.138. The number of aromatic nitrogens is 3. The Hall–Kier alpha value is -3.26. The second kappa shape index (κ2) is 8.00. The molecule has 3 heterocycles. The van der Waals surface area contributed by atoms with Gasteiger partial charge in [-0.25, -0.2) is 4.98 Å². The molecule has 0 unspecified atom stereocenters.